The number of H-pyrrole nitrogens is 1. The average Bonchev–Trinajstić information content (AvgIpc) is 2.87. The normalized spacial score (nSPS) is 16.4. The van der Waals surface area contributed by atoms with E-state index in [4.69, 9.17) is 5.73 Å². The number of rotatable bonds is 5. The molecule has 0 saturated heterocycles. The molecule has 4 N–H and O–H groups in total. The lowest BCUT2D eigenvalue weighted by molar-refractivity contribution is 0.0580. The number of nitrogens with one attached hydrogen (secondary N) is 1. The van der Waals surface area contributed by atoms with Gasteiger partial charge in [-0.25, -0.2) is 0 Å². The molecule has 1 aromatic rings. The van der Waals surface area contributed by atoms with Crippen molar-refractivity contribution in [2.75, 3.05) is 18.9 Å². The van der Waals surface area contributed by atoms with Gasteiger partial charge in [-0.15, -0.1) is 0 Å². The first kappa shape index (κ1) is 15.8. The number of amides is 1. The molecule has 1 heterocycles. The second kappa shape index (κ2) is 6.93. The number of carbonyl (C=O) groups is 1. The summed E-state index contributed by atoms with van der Waals surface area (Å²) in [5.41, 5.74) is 7.59. The highest BCUT2D eigenvalue weighted by atomic mass is 16.3. The van der Waals surface area contributed by atoms with E-state index in [0.717, 1.165) is 31.4 Å². The number of hydrogen-bond acceptors (Lipinski definition) is 4. The van der Waals surface area contributed by atoms with Crippen LogP contribution in [-0.4, -0.2) is 45.3 Å². The fraction of sp³-hybridized carbons (Fsp3) is 0.733. The standard InChI is InChI=1S/C15H26N4O2/c1-10(2)13-12(16)14(18-17-13)15(21)19(8-9-20)11-6-4-3-5-7-11/h10-11,20H,3-9,16H2,1-2H3,(H,17,18). The van der Waals surface area contributed by atoms with Gasteiger partial charge in [-0.05, 0) is 18.8 Å². The predicted octanol–water partition coefficient (Wildman–Crippen LogP) is 1.88. The number of nitrogen functional groups attached to an aromatic ring is 1. The number of aromatic nitrogens is 2. The van der Waals surface area contributed by atoms with E-state index < -0.39 is 0 Å². The first-order chi connectivity index (χ1) is 10.1. The lowest BCUT2D eigenvalue weighted by Gasteiger charge is -2.33. The zero-order valence-corrected chi connectivity index (χ0v) is 12.9. The third kappa shape index (κ3) is 3.37. The fourth-order valence-electron chi connectivity index (χ4n) is 3.05. The molecule has 0 atom stereocenters. The molecular weight excluding hydrogens is 268 g/mol. The minimum Gasteiger partial charge on any atom is -0.395 e. The smallest absolute Gasteiger partial charge is 0.276 e. The molecule has 1 aliphatic rings. The molecule has 0 spiro atoms. The lowest BCUT2D eigenvalue weighted by atomic mass is 9.94. The molecule has 118 valence electrons. The third-order valence-electron chi connectivity index (χ3n) is 4.23. The van der Waals surface area contributed by atoms with Crippen LogP contribution in [0.5, 0.6) is 0 Å². The van der Waals surface area contributed by atoms with Crippen LogP contribution in [0, 0.1) is 0 Å². The topological polar surface area (TPSA) is 95.2 Å². The average molecular weight is 294 g/mol. The molecule has 21 heavy (non-hydrogen) atoms. The van der Waals surface area contributed by atoms with Gasteiger partial charge < -0.3 is 15.7 Å². The van der Waals surface area contributed by atoms with Gasteiger partial charge in [0.15, 0.2) is 5.69 Å². The SMILES string of the molecule is CC(C)c1[nH]nc(C(=O)N(CCO)C2CCCCC2)c1N. The molecule has 1 fully saturated rings. The number of nitrogens with zero attached hydrogens (tertiary/aromatic N) is 2. The summed E-state index contributed by atoms with van der Waals surface area (Å²) in [6.45, 7) is 4.31. The molecule has 0 aromatic carbocycles. The highest BCUT2D eigenvalue weighted by Crippen LogP contribution is 2.27. The first-order valence-electron chi connectivity index (χ1n) is 7.81. The largest absolute Gasteiger partial charge is 0.395 e. The number of aromatic amines is 1. The van der Waals surface area contributed by atoms with E-state index in [1.165, 1.54) is 6.42 Å². The van der Waals surface area contributed by atoms with E-state index in [-0.39, 0.29) is 30.2 Å². The monoisotopic (exact) mass is 294 g/mol. The van der Waals surface area contributed by atoms with Gasteiger partial charge in [0.1, 0.15) is 0 Å². The molecule has 1 saturated carbocycles. The second-order valence-electron chi connectivity index (χ2n) is 6.07. The van der Waals surface area contributed by atoms with Gasteiger partial charge in [0.05, 0.1) is 18.0 Å². The number of nitrogens with two attached hydrogens (primary N) is 1. The zero-order chi connectivity index (χ0) is 15.4. The summed E-state index contributed by atoms with van der Waals surface area (Å²) in [5, 5.41) is 16.3. The molecule has 6 heteroatoms. The number of aliphatic hydroxyl groups excluding tert-OH is 1. The van der Waals surface area contributed by atoms with Crippen molar-refractivity contribution < 1.29 is 9.90 Å². The van der Waals surface area contributed by atoms with Crippen LogP contribution >= 0.6 is 0 Å². The number of hydrogen-bond donors (Lipinski definition) is 3. The maximum Gasteiger partial charge on any atom is 0.276 e. The van der Waals surface area contributed by atoms with Crippen molar-refractivity contribution in [1.29, 1.82) is 0 Å². The van der Waals surface area contributed by atoms with Crippen LogP contribution in [0.1, 0.15) is 68.1 Å². The molecular formula is C15H26N4O2. The first-order valence-corrected chi connectivity index (χ1v) is 7.81. The second-order valence-corrected chi connectivity index (χ2v) is 6.07. The summed E-state index contributed by atoms with van der Waals surface area (Å²) < 4.78 is 0. The summed E-state index contributed by atoms with van der Waals surface area (Å²) >= 11 is 0. The minimum absolute atomic E-state index is 0.0381. The van der Waals surface area contributed by atoms with Crippen molar-refractivity contribution in [3.63, 3.8) is 0 Å². The molecule has 2 rings (SSSR count). The van der Waals surface area contributed by atoms with Gasteiger partial charge in [-0.1, -0.05) is 33.1 Å². The van der Waals surface area contributed by atoms with Crippen LogP contribution in [0.15, 0.2) is 0 Å². The van der Waals surface area contributed by atoms with Gasteiger partial charge in [-0.3, -0.25) is 9.89 Å². The highest BCUT2D eigenvalue weighted by Gasteiger charge is 2.29. The number of carbonyl (C=O) groups excluding carboxylic acids is 1. The molecule has 0 radical (unpaired) electrons. The maximum absolute atomic E-state index is 12.7. The van der Waals surface area contributed by atoms with E-state index in [1.807, 2.05) is 13.8 Å². The van der Waals surface area contributed by atoms with E-state index in [0.29, 0.717) is 12.2 Å². The predicted molar refractivity (Wildman–Crippen MR) is 82.1 cm³/mol. The summed E-state index contributed by atoms with van der Waals surface area (Å²) in [6, 6.07) is 0.192. The van der Waals surface area contributed by atoms with Crippen LogP contribution in [0.4, 0.5) is 5.69 Å². The van der Waals surface area contributed by atoms with E-state index in [9.17, 15) is 9.90 Å². The van der Waals surface area contributed by atoms with Gasteiger partial charge in [0, 0.05) is 12.6 Å². The Hall–Kier alpha value is -1.56. The summed E-state index contributed by atoms with van der Waals surface area (Å²) in [6.07, 6.45) is 5.47. The highest BCUT2D eigenvalue weighted by molar-refractivity contribution is 5.98. The Balaban J connectivity index is 2.21. The van der Waals surface area contributed by atoms with Gasteiger partial charge in [0.2, 0.25) is 0 Å². The Morgan fingerprint density at radius 2 is 2.10 bits per heavy atom. The quantitative estimate of drug-likeness (QED) is 0.772. The fourth-order valence-corrected chi connectivity index (χ4v) is 3.05. The molecule has 0 unspecified atom stereocenters. The maximum atomic E-state index is 12.7. The van der Waals surface area contributed by atoms with Crippen LogP contribution in [0.25, 0.3) is 0 Å². The Kier molecular flexibility index (Phi) is 5.22. The van der Waals surface area contributed by atoms with E-state index >= 15 is 0 Å². The van der Waals surface area contributed by atoms with Crippen molar-refractivity contribution >= 4 is 11.6 Å². The van der Waals surface area contributed by atoms with Crippen LogP contribution < -0.4 is 5.73 Å². The Bertz CT molecular complexity index is 478. The Labute approximate surface area is 125 Å². The van der Waals surface area contributed by atoms with E-state index in [1.54, 1.807) is 4.90 Å². The minimum atomic E-state index is -0.170. The lowest BCUT2D eigenvalue weighted by Crippen LogP contribution is -2.43. The molecule has 0 aliphatic heterocycles. The van der Waals surface area contributed by atoms with Crippen molar-refractivity contribution in [1.82, 2.24) is 15.1 Å². The third-order valence-corrected chi connectivity index (χ3v) is 4.23. The van der Waals surface area contributed by atoms with Crippen LogP contribution in [0.3, 0.4) is 0 Å². The summed E-state index contributed by atoms with van der Waals surface area (Å²) in [5.74, 6) is 0.0247. The molecule has 0 bridgehead atoms. The zero-order valence-electron chi connectivity index (χ0n) is 12.9. The molecule has 1 amide bonds. The molecule has 1 aromatic heterocycles. The van der Waals surface area contributed by atoms with Crippen LogP contribution in [-0.2, 0) is 0 Å². The van der Waals surface area contributed by atoms with Crippen molar-refractivity contribution in [3.05, 3.63) is 11.4 Å². The van der Waals surface area contributed by atoms with Gasteiger partial charge >= 0.3 is 0 Å². The number of aliphatic hydroxyl groups is 1. The van der Waals surface area contributed by atoms with Crippen LogP contribution in [0.2, 0.25) is 0 Å². The van der Waals surface area contributed by atoms with Crippen molar-refractivity contribution in [2.45, 2.75) is 57.9 Å². The van der Waals surface area contributed by atoms with Crippen molar-refractivity contribution in [3.8, 4) is 0 Å². The molecule has 1 aliphatic carbocycles. The Morgan fingerprint density at radius 3 is 2.62 bits per heavy atom. The van der Waals surface area contributed by atoms with E-state index in [2.05, 4.69) is 10.2 Å². The van der Waals surface area contributed by atoms with Gasteiger partial charge in [0.25, 0.3) is 5.91 Å². The van der Waals surface area contributed by atoms with Crippen molar-refractivity contribution in [2.24, 2.45) is 0 Å². The summed E-state index contributed by atoms with van der Waals surface area (Å²) in [4.78, 5) is 14.5. The molecule has 6 nitrogen and oxygen atoms in total. The van der Waals surface area contributed by atoms with Gasteiger partial charge in [-0.2, -0.15) is 5.10 Å². The summed E-state index contributed by atoms with van der Waals surface area (Å²) in [7, 11) is 0. The number of anilines is 1. The Morgan fingerprint density at radius 1 is 1.43 bits per heavy atom.